The van der Waals surface area contributed by atoms with Gasteiger partial charge in [0.15, 0.2) is 15.8 Å². The minimum absolute atomic E-state index is 0.0947. The fourth-order valence-corrected chi connectivity index (χ4v) is 3.72. The van der Waals surface area contributed by atoms with Gasteiger partial charge in [0.1, 0.15) is 0 Å². The first kappa shape index (κ1) is 19.1. The van der Waals surface area contributed by atoms with Gasteiger partial charge in [-0.2, -0.15) is 0 Å². The van der Waals surface area contributed by atoms with Crippen molar-refractivity contribution in [1.29, 1.82) is 0 Å². The van der Waals surface area contributed by atoms with Crippen molar-refractivity contribution in [3.63, 3.8) is 0 Å². The number of rotatable bonds is 5. The van der Waals surface area contributed by atoms with Crippen LogP contribution >= 0.6 is 0 Å². The van der Waals surface area contributed by atoms with E-state index in [-0.39, 0.29) is 5.75 Å². The Balaban J connectivity index is 1.56. The summed E-state index contributed by atoms with van der Waals surface area (Å²) in [5, 5.41) is 0. The van der Waals surface area contributed by atoms with Crippen LogP contribution in [-0.2, 0) is 16.4 Å². The van der Waals surface area contributed by atoms with Crippen LogP contribution in [0.15, 0.2) is 52.6 Å². The Morgan fingerprint density at radius 3 is 2.33 bits per heavy atom. The van der Waals surface area contributed by atoms with E-state index in [0.29, 0.717) is 17.4 Å². The van der Waals surface area contributed by atoms with E-state index in [0.717, 1.165) is 37.7 Å². The summed E-state index contributed by atoms with van der Waals surface area (Å²) in [6.07, 6.45) is 3.48. The molecule has 0 saturated carbocycles. The molecule has 0 atom stereocenters. The SMILES string of the molecule is CCS(=O)(=O)c1ccc(CN=C(N)N2CCN(c3ncccn3)CC2)cc1. The molecule has 1 aliphatic heterocycles. The van der Waals surface area contributed by atoms with Gasteiger partial charge in [-0.1, -0.05) is 19.1 Å². The van der Waals surface area contributed by atoms with Crippen LogP contribution in [0.2, 0.25) is 0 Å². The highest BCUT2D eigenvalue weighted by atomic mass is 32.2. The largest absolute Gasteiger partial charge is 0.370 e. The molecule has 0 radical (unpaired) electrons. The van der Waals surface area contributed by atoms with Gasteiger partial charge in [0.2, 0.25) is 5.95 Å². The molecule has 3 rings (SSSR count). The lowest BCUT2D eigenvalue weighted by molar-refractivity contribution is 0.378. The van der Waals surface area contributed by atoms with Crippen molar-refractivity contribution in [3.05, 3.63) is 48.3 Å². The minimum Gasteiger partial charge on any atom is -0.370 e. The maximum Gasteiger partial charge on any atom is 0.225 e. The summed E-state index contributed by atoms with van der Waals surface area (Å²) in [6.45, 7) is 5.12. The van der Waals surface area contributed by atoms with E-state index in [4.69, 9.17) is 5.73 Å². The maximum atomic E-state index is 11.8. The van der Waals surface area contributed by atoms with Crippen molar-refractivity contribution in [2.75, 3.05) is 36.8 Å². The second-order valence-electron chi connectivity index (χ2n) is 6.24. The zero-order valence-corrected chi connectivity index (χ0v) is 16.1. The number of nitrogens with zero attached hydrogens (tertiary/aromatic N) is 5. The Bertz CT molecular complexity index is 876. The highest BCUT2D eigenvalue weighted by Gasteiger charge is 2.19. The Morgan fingerprint density at radius 1 is 1.11 bits per heavy atom. The molecule has 0 spiro atoms. The molecular formula is C18H24N6O2S. The predicted octanol–water partition coefficient (Wildman–Crippen LogP) is 0.907. The second kappa shape index (κ2) is 8.34. The van der Waals surface area contributed by atoms with Crippen LogP contribution < -0.4 is 10.6 Å². The smallest absolute Gasteiger partial charge is 0.225 e. The van der Waals surface area contributed by atoms with Gasteiger partial charge in [0.05, 0.1) is 17.2 Å². The molecular weight excluding hydrogens is 364 g/mol. The van der Waals surface area contributed by atoms with Crippen LogP contribution in [0.1, 0.15) is 12.5 Å². The Hall–Kier alpha value is -2.68. The van der Waals surface area contributed by atoms with Gasteiger partial charge in [-0.25, -0.2) is 23.4 Å². The summed E-state index contributed by atoms with van der Waals surface area (Å²) >= 11 is 0. The van der Waals surface area contributed by atoms with Gasteiger partial charge < -0.3 is 15.5 Å². The number of sulfone groups is 1. The van der Waals surface area contributed by atoms with Gasteiger partial charge in [-0.3, -0.25) is 0 Å². The average Bonchev–Trinajstić information content (AvgIpc) is 2.73. The topological polar surface area (TPSA) is 105 Å². The van der Waals surface area contributed by atoms with Crippen molar-refractivity contribution in [1.82, 2.24) is 14.9 Å². The second-order valence-corrected chi connectivity index (χ2v) is 8.52. The molecule has 8 nitrogen and oxygen atoms in total. The van der Waals surface area contributed by atoms with E-state index >= 15 is 0 Å². The summed E-state index contributed by atoms with van der Waals surface area (Å²) < 4.78 is 23.7. The van der Waals surface area contributed by atoms with Crippen LogP contribution in [0.5, 0.6) is 0 Å². The van der Waals surface area contributed by atoms with Crippen molar-refractivity contribution in [3.8, 4) is 0 Å². The molecule has 1 aliphatic rings. The standard InChI is InChI=1S/C18H24N6O2S/c1-2-27(25,26)16-6-4-15(5-7-16)14-22-17(19)23-10-12-24(13-11-23)18-20-8-3-9-21-18/h3-9H,2,10-14H2,1H3,(H2,19,22). The number of anilines is 1. The zero-order chi connectivity index (χ0) is 19.3. The molecule has 2 heterocycles. The lowest BCUT2D eigenvalue weighted by atomic mass is 10.2. The molecule has 9 heteroatoms. The fourth-order valence-electron chi connectivity index (χ4n) is 2.83. The molecule has 0 unspecified atom stereocenters. The molecule has 0 aliphatic carbocycles. The summed E-state index contributed by atoms with van der Waals surface area (Å²) in [5.41, 5.74) is 7.05. The van der Waals surface area contributed by atoms with Crippen molar-refractivity contribution < 1.29 is 8.42 Å². The van der Waals surface area contributed by atoms with Crippen LogP contribution in [-0.4, -0.2) is 61.2 Å². The van der Waals surface area contributed by atoms with Gasteiger partial charge >= 0.3 is 0 Å². The Morgan fingerprint density at radius 2 is 1.74 bits per heavy atom. The molecule has 0 amide bonds. The number of hydrogen-bond donors (Lipinski definition) is 1. The van der Waals surface area contributed by atoms with Crippen molar-refractivity contribution in [2.24, 2.45) is 10.7 Å². The van der Waals surface area contributed by atoms with Gasteiger partial charge in [-0.15, -0.1) is 0 Å². The van der Waals surface area contributed by atoms with E-state index < -0.39 is 9.84 Å². The molecule has 1 fully saturated rings. The third-order valence-corrected chi connectivity index (χ3v) is 6.28. The Labute approximate surface area is 159 Å². The first-order valence-electron chi connectivity index (χ1n) is 8.88. The summed E-state index contributed by atoms with van der Waals surface area (Å²) in [5.74, 6) is 1.32. The molecule has 1 aromatic heterocycles. The molecule has 2 aromatic rings. The van der Waals surface area contributed by atoms with Crippen LogP contribution in [0.25, 0.3) is 0 Å². The highest BCUT2D eigenvalue weighted by molar-refractivity contribution is 7.91. The fraction of sp³-hybridized carbons (Fsp3) is 0.389. The van der Waals surface area contributed by atoms with Gasteiger partial charge in [0, 0.05) is 38.6 Å². The van der Waals surface area contributed by atoms with Crippen molar-refractivity contribution >= 4 is 21.7 Å². The Kier molecular flexibility index (Phi) is 5.90. The number of nitrogens with two attached hydrogens (primary N) is 1. The van der Waals surface area contributed by atoms with Crippen LogP contribution in [0.4, 0.5) is 5.95 Å². The van der Waals surface area contributed by atoms with Crippen LogP contribution in [0, 0.1) is 0 Å². The van der Waals surface area contributed by atoms with E-state index in [9.17, 15) is 8.42 Å². The average molecular weight is 388 g/mol. The molecule has 1 saturated heterocycles. The van der Waals surface area contributed by atoms with Gasteiger partial charge in [-0.05, 0) is 23.8 Å². The molecule has 2 N–H and O–H groups in total. The van der Waals surface area contributed by atoms with Crippen LogP contribution in [0.3, 0.4) is 0 Å². The van der Waals surface area contributed by atoms with Gasteiger partial charge in [0.25, 0.3) is 0 Å². The highest BCUT2D eigenvalue weighted by Crippen LogP contribution is 2.13. The van der Waals surface area contributed by atoms with E-state index in [2.05, 4.69) is 19.9 Å². The first-order chi connectivity index (χ1) is 13.0. The number of benzene rings is 1. The number of piperazine rings is 1. The predicted molar refractivity (Wildman–Crippen MR) is 105 cm³/mol. The van der Waals surface area contributed by atoms with E-state index in [1.165, 1.54) is 0 Å². The summed E-state index contributed by atoms with van der Waals surface area (Å²) in [4.78, 5) is 17.5. The van der Waals surface area contributed by atoms with E-state index in [1.54, 1.807) is 49.6 Å². The summed E-state index contributed by atoms with van der Waals surface area (Å²) in [7, 11) is -3.18. The lowest BCUT2D eigenvalue weighted by Gasteiger charge is -2.35. The first-order valence-corrected chi connectivity index (χ1v) is 10.5. The monoisotopic (exact) mass is 388 g/mol. The zero-order valence-electron chi connectivity index (χ0n) is 15.3. The quantitative estimate of drug-likeness (QED) is 0.599. The third-order valence-electron chi connectivity index (χ3n) is 4.52. The maximum absolute atomic E-state index is 11.8. The third kappa shape index (κ3) is 4.73. The molecule has 27 heavy (non-hydrogen) atoms. The number of hydrogen-bond acceptors (Lipinski definition) is 6. The number of guanidine groups is 1. The van der Waals surface area contributed by atoms with Crippen molar-refractivity contribution in [2.45, 2.75) is 18.4 Å². The van der Waals surface area contributed by atoms with E-state index in [1.807, 2.05) is 4.90 Å². The molecule has 0 bridgehead atoms. The lowest BCUT2D eigenvalue weighted by Crippen LogP contribution is -2.51. The normalized spacial score (nSPS) is 15.8. The summed E-state index contributed by atoms with van der Waals surface area (Å²) in [6, 6.07) is 8.61. The number of aliphatic imine (C=N–C) groups is 1. The molecule has 144 valence electrons. The minimum atomic E-state index is -3.18. The number of aromatic nitrogens is 2. The molecule has 1 aromatic carbocycles.